The predicted molar refractivity (Wildman–Crippen MR) is 46.5 cm³/mol. The van der Waals surface area contributed by atoms with Crippen LogP contribution in [0.5, 0.6) is 0 Å². The Hall–Kier alpha value is -0.980. The van der Waals surface area contributed by atoms with Crippen molar-refractivity contribution < 1.29 is 27.4 Å². The van der Waals surface area contributed by atoms with Gasteiger partial charge in [-0.05, 0) is 13.8 Å². The van der Waals surface area contributed by atoms with E-state index in [2.05, 4.69) is 10.1 Å². The Balaban J connectivity index is 3.58. The van der Waals surface area contributed by atoms with Crippen LogP contribution in [0.3, 0.4) is 0 Å². The SMILES string of the molecule is CCOC(C)CNC(=O)OCC(F)(F)F. The number of alkyl carbamates (subject to hydrolysis) is 1. The number of alkyl halides is 3. The van der Waals surface area contributed by atoms with Crippen molar-refractivity contribution in [1.82, 2.24) is 5.32 Å². The molecule has 0 heterocycles. The van der Waals surface area contributed by atoms with Gasteiger partial charge in [0.25, 0.3) is 0 Å². The van der Waals surface area contributed by atoms with Crippen molar-refractivity contribution in [2.45, 2.75) is 26.1 Å². The molecule has 0 aromatic heterocycles. The third-order valence-corrected chi connectivity index (χ3v) is 1.35. The molecule has 0 bridgehead atoms. The Morgan fingerprint density at radius 2 is 2.07 bits per heavy atom. The van der Waals surface area contributed by atoms with Gasteiger partial charge in [-0.3, -0.25) is 0 Å². The minimum atomic E-state index is -4.50. The predicted octanol–water partition coefficient (Wildman–Crippen LogP) is 1.70. The van der Waals surface area contributed by atoms with Gasteiger partial charge in [0.15, 0.2) is 6.61 Å². The fourth-order valence-corrected chi connectivity index (χ4v) is 0.769. The van der Waals surface area contributed by atoms with E-state index in [1.165, 1.54) is 0 Å². The van der Waals surface area contributed by atoms with Gasteiger partial charge in [0.05, 0.1) is 6.10 Å². The summed E-state index contributed by atoms with van der Waals surface area (Å²) in [6, 6.07) is 0. The van der Waals surface area contributed by atoms with Crippen LogP contribution in [0.1, 0.15) is 13.8 Å². The molecule has 0 saturated heterocycles. The molecular weight excluding hydrogens is 215 g/mol. The van der Waals surface area contributed by atoms with Crippen LogP contribution in [0.4, 0.5) is 18.0 Å². The van der Waals surface area contributed by atoms with Crippen molar-refractivity contribution >= 4 is 6.09 Å². The molecule has 1 unspecified atom stereocenters. The Bertz CT molecular complexity index is 196. The minimum absolute atomic E-state index is 0.116. The zero-order valence-electron chi connectivity index (χ0n) is 8.56. The average Bonchev–Trinajstić information content (AvgIpc) is 2.11. The van der Waals surface area contributed by atoms with E-state index in [0.717, 1.165) is 0 Å². The first-order valence-corrected chi connectivity index (χ1v) is 4.44. The van der Waals surface area contributed by atoms with Crippen molar-refractivity contribution in [2.24, 2.45) is 0 Å². The highest BCUT2D eigenvalue weighted by Gasteiger charge is 2.29. The van der Waals surface area contributed by atoms with Gasteiger partial charge in [-0.25, -0.2) is 4.79 Å². The highest BCUT2D eigenvalue weighted by Crippen LogP contribution is 2.14. The van der Waals surface area contributed by atoms with Crippen LogP contribution in [0.2, 0.25) is 0 Å². The number of carbonyl (C=O) groups excluding carboxylic acids is 1. The monoisotopic (exact) mass is 229 g/mol. The molecule has 0 radical (unpaired) electrons. The Labute approximate surface area is 85.7 Å². The third-order valence-electron chi connectivity index (χ3n) is 1.35. The molecule has 0 aliphatic rings. The van der Waals surface area contributed by atoms with Gasteiger partial charge in [0, 0.05) is 13.2 Å². The van der Waals surface area contributed by atoms with E-state index in [4.69, 9.17) is 4.74 Å². The first-order chi connectivity index (χ1) is 6.85. The maximum atomic E-state index is 11.6. The molecular formula is C8H14F3NO3. The largest absolute Gasteiger partial charge is 0.440 e. The van der Waals surface area contributed by atoms with Gasteiger partial charge in [-0.1, -0.05) is 0 Å². The summed E-state index contributed by atoms with van der Waals surface area (Å²) in [5.74, 6) is 0. The van der Waals surface area contributed by atoms with E-state index in [9.17, 15) is 18.0 Å². The minimum Gasteiger partial charge on any atom is -0.440 e. The molecule has 0 saturated carbocycles. The number of halogens is 3. The normalized spacial score (nSPS) is 13.4. The lowest BCUT2D eigenvalue weighted by atomic mass is 10.4. The number of nitrogens with one attached hydrogen (secondary N) is 1. The summed E-state index contributed by atoms with van der Waals surface area (Å²) in [5.41, 5.74) is 0. The van der Waals surface area contributed by atoms with Crippen LogP contribution >= 0.6 is 0 Å². The highest BCUT2D eigenvalue weighted by atomic mass is 19.4. The van der Waals surface area contributed by atoms with E-state index in [1.54, 1.807) is 13.8 Å². The Kier molecular flexibility index (Phi) is 6.07. The molecule has 0 aliphatic carbocycles. The molecule has 90 valence electrons. The summed E-state index contributed by atoms with van der Waals surface area (Å²) in [6.07, 6.45) is -5.85. The molecule has 0 spiro atoms. The van der Waals surface area contributed by atoms with Crippen molar-refractivity contribution in [3.63, 3.8) is 0 Å². The van der Waals surface area contributed by atoms with Crippen LogP contribution in [0.15, 0.2) is 0 Å². The van der Waals surface area contributed by atoms with Crippen LogP contribution < -0.4 is 5.32 Å². The van der Waals surface area contributed by atoms with Crippen LogP contribution in [0.25, 0.3) is 0 Å². The van der Waals surface area contributed by atoms with E-state index < -0.39 is 18.9 Å². The van der Waals surface area contributed by atoms with E-state index in [-0.39, 0.29) is 12.6 Å². The maximum absolute atomic E-state index is 11.6. The molecule has 0 aliphatic heterocycles. The van der Waals surface area contributed by atoms with Gasteiger partial charge in [-0.15, -0.1) is 0 Å². The molecule has 1 N–H and O–H groups in total. The quantitative estimate of drug-likeness (QED) is 0.780. The zero-order valence-corrected chi connectivity index (χ0v) is 8.56. The second-order valence-corrected chi connectivity index (χ2v) is 2.84. The van der Waals surface area contributed by atoms with Crippen molar-refractivity contribution in [3.05, 3.63) is 0 Å². The molecule has 7 heteroatoms. The molecule has 15 heavy (non-hydrogen) atoms. The topological polar surface area (TPSA) is 47.6 Å². The maximum Gasteiger partial charge on any atom is 0.422 e. The Morgan fingerprint density at radius 3 is 2.53 bits per heavy atom. The molecule has 0 aromatic rings. The summed E-state index contributed by atoms with van der Waals surface area (Å²) >= 11 is 0. The number of hydrogen-bond donors (Lipinski definition) is 1. The van der Waals surface area contributed by atoms with Crippen molar-refractivity contribution in [2.75, 3.05) is 19.8 Å². The molecule has 0 rings (SSSR count). The van der Waals surface area contributed by atoms with Crippen molar-refractivity contribution in [3.8, 4) is 0 Å². The van der Waals surface area contributed by atoms with Gasteiger partial charge < -0.3 is 14.8 Å². The second-order valence-electron chi connectivity index (χ2n) is 2.84. The number of hydrogen-bond acceptors (Lipinski definition) is 3. The number of rotatable bonds is 5. The second kappa shape index (κ2) is 6.49. The van der Waals surface area contributed by atoms with Gasteiger partial charge in [-0.2, -0.15) is 13.2 Å². The van der Waals surface area contributed by atoms with Crippen LogP contribution in [0, 0.1) is 0 Å². The number of carbonyl (C=O) groups is 1. The van der Waals surface area contributed by atoms with Gasteiger partial charge in [0.2, 0.25) is 0 Å². The van der Waals surface area contributed by atoms with Crippen LogP contribution in [-0.4, -0.2) is 38.1 Å². The lowest BCUT2D eigenvalue weighted by molar-refractivity contribution is -0.160. The smallest absolute Gasteiger partial charge is 0.422 e. The number of ether oxygens (including phenoxy) is 2. The van der Waals surface area contributed by atoms with E-state index >= 15 is 0 Å². The third kappa shape index (κ3) is 9.33. The lowest BCUT2D eigenvalue weighted by Crippen LogP contribution is -2.34. The summed E-state index contributed by atoms with van der Waals surface area (Å²) in [4.78, 5) is 10.7. The zero-order chi connectivity index (χ0) is 11.9. The van der Waals surface area contributed by atoms with E-state index in [1.807, 2.05) is 0 Å². The Morgan fingerprint density at radius 1 is 1.47 bits per heavy atom. The molecule has 0 aromatic carbocycles. The van der Waals surface area contributed by atoms with Crippen LogP contribution in [-0.2, 0) is 9.47 Å². The van der Waals surface area contributed by atoms with Crippen molar-refractivity contribution in [1.29, 1.82) is 0 Å². The summed E-state index contributed by atoms with van der Waals surface area (Å²) in [7, 11) is 0. The molecule has 4 nitrogen and oxygen atoms in total. The summed E-state index contributed by atoms with van der Waals surface area (Å²) in [5, 5.41) is 2.15. The van der Waals surface area contributed by atoms with Gasteiger partial charge >= 0.3 is 12.3 Å². The standard InChI is InChI=1S/C8H14F3NO3/c1-3-14-6(2)4-12-7(13)15-5-8(9,10)11/h6H,3-5H2,1-2H3,(H,12,13). The summed E-state index contributed by atoms with van der Waals surface area (Å²) in [6.45, 7) is 2.47. The first kappa shape index (κ1) is 14.0. The average molecular weight is 229 g/mol. The molecule has 1 atom stereocenters. The first-order valence-electron chi connectivity index (χ1n) is 4.44. The fourth-order valence-electron chi connectivity index (χ4n) is 0.769. The fraction of sp³-hybridized carbons (Fsp3) is 0.875. The van der Waals surface area contributed by atoms with Gasteiger partial charge in [0.1, 0.15) is 0 Å². The molecule has 0 fully saturated rings. The summed E-state index contributed by atoms with van der Waals surface area (Å²) < 4.78 is 43.8. The van der Waals surface area contributed by atoms with E-state index in [0.29, 0.717) is 6.61 Å². The molecule has 1 amide bonds. The highest BCUT2D eigenvalue weighted by molar-refractivity contribution is 5.67. The lowest BCUT2D eigenvalue weighted by Gasteiger charge is -2.13. The number of amides is 1.